The van der Waals surface area contributed by atoms with Gasteiger partial charge in [-0.15, -0.1) is 0 Å². The van der Waals surface area contributed by atoms with Crippen LogP contribution in [0.1, 0.15) is 29.3 Å². The van der Waals surface area contributed by atoms with Gasteiger partial charge in [0.15, 0.2) is 0 Å². The second kappa shape index (κ2) is 10.0. The Morgan fingerprint density at radius 2 is 1.57 bits per heavy atom. The molecule has 1 fully saturated rings. The highest BCUT2D eigenvalue weighted by molar-refractivity contribution is 9.10. The maximum Gasteiger partial charge on any atom is 0.221 e. The Bertz CT molecular complexity index is 948. The van der Waals surface area contributed by atoms with Gasteiger partial charge in [-0.2, -0.15) is 0 Å². The fourth-order valence-electron chi connectivity index (χ4n) is 3.77. The summed E-state index contributed by atoms with van der Waals surface area (Å²) >= 11 is 3.50. The third kappa shape index (κ3) is 5.36. The summed E-state index contributed by atoms with van der Waals surface area (Å²) in [6.45, 7) is 1.81. The number of halogens is 1. The van der Waals surface area contributed by atoms with Crippen LogP contribution in [-0.4, -0.2) is 23.5 Å². The first-order chi connectivity index (χ1) is 14.7. The highest BCUT2D eigenvalue weighted by atomic mass is 79.9. The zero-order valence-corrected chi connectivity index (χ0v) is 18.3. The molecule has 30 heavy (non-hydrogen) atoms. The lowest BCUT2D eigenvalue weighted by Gasteiger charge is -2.28. The summed E-state index contributed by atoms with van der Waals surface area (Å²) in [4.78, 5) is 15.0. The van der Waals surface area contributed by atoms with Gasteiger partial charge in [-0.05, 0) is 28.8 Å². The number of nitrogens with one attached hydrogen (secondary N) is 1. The van der Waals surface area contributed by atoms with Crippen LogP contribution >= 0.6 is 15.9 Å². The molecule has 3 aromatic rings. The molecular formula is C25H25BrN2O2. The maximum atomic E-state index is 12.7. The Morgan fingerprint density at radius 1 is 0.933 bits per heavy atom. The van der Waals surface area contributed by atoms with E-state index >= 15 is 0 Å². The Hall–Kier alpha value is -2.47. The van der Waals surface area contributed by atoms with E-state index in [9.17, 15) is 4.79 Å². The second-order valence-electron chi connectivity index (χ2n) is 7.52. The van der Waals surface area contributed by atoms with Gasteiger partial charge < -0.3 is 10.1 Å². The van der Waals surface area contributed by atoms with Crippen molar-refractivity contribution in [3.8, 4) is 0 Å². The predicted octanol–water partition coefficient (Wildman–Crippen LogP) is 5.06. The first-order valence-corrected chi connectivity index (χ1v) is 11.0. The highest BCUT2D eigenvalue weighted by Gasteiger charge is 2.36. The van der Waals surface area contributed by atoms with Gasteiger partial charge in [-0.3, -0.25) is 9.69 Å². The number of carbonyl (C=O) groups is 1. The standard InChI is InChI=1S/C25H25BrN2O2/c26-22-13-11-21(12-14-22)25-28(17-20-9-5-2-6-10-20)23(18-30-25)15-24(29)27-16-19-7-3-1-4-8-19/h1-14,23,25H,15-18H2,(H,27,29). The van der Waals surface area contributed by atoms with E-state index in [2.05, 4.69) is 50.4 Å². The molecule has 2 atom stereocenters. The summed E-state index contributed by atoms with van der Waals surface area (Å²) < 4.78 is 7.21. The van der Waals surface area contributed by atoms with E-state index in [0.717, 1.165) is 22.1 Å². The molecular weight excluding hydrogens is 440 g/mol. The van der Waals surface area contributed by atoms with E-state index in [1.807, 2.05) is 60.7 Å². The molecule has 1 heterocycles. The second-order valence-corrected chi connectivity index (χ2v) is 8.43. The molecule has 1 N–H and O–H groups in total. The van der Waals surface area contributed by atoms with Crippen LogP contribution in [0.2, 0.25) is 0 Å². The molecule has 0 radical (unpaired) electrons. The average molecular weight is 465 g/mol. The molecule has 2 unspecified atom stereocenters. The van der Waals surface area contributed by atoms with Crippen LogP contribution in [0.5, 0.6) is 0 Å². The molecule has 0 spiro atoms. The molecule has 4 nitrogen and oxygen atoms in total. The minimum Gasteiger partial charge on any atom is -0.357 e. The third-order valence-electron chi connectivity index (χ3n) is 5.33. The molecule has 3 aromatic carbocycles. The molecule has 1 aliphatic rings. The first-order valence-electron chi connectivity index (χ1n) is 10.2. The van der Waals surface area contributed by atoms with Crippen molar-refractivity contribution in [2.45, 2.75) is 31.8 Å². The van der Waals surface area contributed by atoms with Gasteiger partial charge in [-0.25, -0.2) is 0 Å². The Kier molecular flexibility index (Phi) is 6.95. The number of carbonyl (C=O) groups excluding carboxylic acids is 1. The Balaban J connectivity index is 1.46. The molecule has 5 heteroatoms. The zero-order chi connectivity index (χ0) is 20.8. The molecule has 1 aliphatic heterocycles. The largest absolute Gasteiger partial charge is 0.357 e. The van der Waals surface area contributed by atoms with E-state index in [4.69, 9.17) is 4.74 Å². The van der Waals surface area contributed by atoms with Crippen molar-refractivity contribution in [3.05, 3.63) is 106 Å². The third-order valence-corrected chi connectivity index (χ3v) is 5.86. The minimum atomic E-state index is -0.162. The molecule has 154 valence electrons. The van der Waals surface area contributed by atoms with Crippen LogP contribution in [-0.2, 0) is 22.6 Å². The minimum absolute atomic E-state index is 0.0228. The molecule has 0 aromatic heterocycles. The SMILES string of the molecule is O=C(CC1COC(c2ccc(Br)cc2)N1Cc1ccccc1)NCc1ccccc1. The average Bonchev–Trinajstić information content (AvgIpc) is 3.16. The molecule has 1 saturated heterocycles. The lowest BCUT2D eigenvalue weighted by molar-refractivity contribution is -0.122. The molecule has 4 rings (SSSR count). The summed E-state index contributed by atoms with van der Waals surface area (Å²) in [6, 6.07) is 28.5. The topological polar surface area (TPSA) is 41.6 Å². The van der Waals surface area contributed by atoms with Gasteiger partial charge in [0.1, 0.15) is 6.23 Å². The van der Waals surface area contributed by atoms with Crippen molar-refractivity contribution in [2.24, 2.45) is 0 Å². The lowest BCUT2D eigenvalue weighted by atomic mass is 10.1. The van der Waals surface area contributed by atoms with Crippen LogP contribution in [0.25, 0.3) is 0 Å². The summed E-state index contributed by atoms with van der Waals surface area (Å²) in [5.41, 5.74) is 3.41. The number of hydrogen-bond donors (Lipinski definition) is 1. The van der Waals surface area contributed by atoms with Crippen molar-refractivity contribution in [1.29, 1.82) is 0 Å². The van der Waals surface area contributed by atoms with Gasteiger partial charge in [0.2, 0.25) is 5.91 Å². The van der Waals surface area contributed by atoms with Crippen LogP contribution in [0.4, 0.5) is 0 Å². The van der Waals surface area contributed by atoms with Crippen LogP contribution in [0.15, 0.2) is 89.4 Å². The molecule has 0 aliphatic carbocycles. The summed E-state index contributed by atoms with van der Waals surface area (Å²) in [5.74, 6) is 0.0435. The van der Waals surface area contributed by atoms with Crippen LogP contribution < -0.4 is 5.32 Å². The Labute approximate surface area is 186 Å². The lowest BCUT2D eigenvalue weighted by Crippen LogP contribution is -2.37. The number of benzene rings is 3. The number of ether oxygens (including phenoxy) is 1. The van der Waals surface area contributed by atoms with E-state index in [0.29, 0.717) is 19.6 Å². The van der Waals surface area contributed by atoms with E-state index < -0.39 is 0 Å². The highest BCUT2D eigenvalue weighted by Crippen LogP contribution is 2.34. The monoisotopic (exact) mass is 464 g/mol. The summed E-state index contributed by atoms with van der Waals surface area (Å²) in [7, 11) is 0. The maximum absolute atomic E-state index is 12.7. The molecule has 0 bridgehead atoms. The van der Waals surface area contributed by atoms with E-state index in [1.165, 1.54) is 5.56 Å². The van der Waals surface area contributed by atoms with Crippen LogP contribution in [0, 0.1) is 0 Å². The van der Waals surface area contributed by atoms with Gasteiger partial charge >= 0.3 is 0 Å². The van der Waals surface area contributed by atoms with Crippen molar-refractivity contribution < 1.29 is 9.53 Å². The van der Waals surface area contributed by atoms with Crippen molar-refractivity contribution in [2.75, 3.05) is 6.61 Å². The summed E-state index contributed by atoms with van der Waals surface area (Å²) in [5, 5.41) is 3.04. The number of nitrogens with zero attached hydrogens (tertiary/aromatic N) is 1. The number of rotatable bonds is 7. The zero-order valence-electron chi connectivity index (χ0n) is 16.7. The van der Waals surface area contributed by atoms with Gasteiger partial charge in [0, 0.05) is 30.0 Å². The first kappa shape index (κ1) is 20.8. The quantitative estimate of drug-likeness (QED) is 0.531. The van der Waals surface area contributed by atoms with Crippen molar-refractivity contribution in [3.63, 3.8) is 0 Å². The fourth-order valence-corrected chi connectivity index (χ4v) is 4.03. The number of amides is 1. The van der Waals surface area contributed by atoms with E-state index in [1.54, 1.807) is 0 Å². The molecule has 0 saturated carbocycles. The number of hydrogen-bond acceptors (Lipinski definition) is 3. The Morgan fingerprint density at radius 3 is 2.23 bits per heavy atom. The van der Waals surface area contributed by atoms with Gasteiger partial charge in [0.25, 0.3) is 0 Å². The van der Waals surface area contributed by atoms with E-state index in [-0.39, 0.29) is 18.2 Å². The summed E-state index contributed by atoms with van der Waals surface area (Å²) in [6.07, 6.45) is 0.248. The van der Waals surface area contributed by atoms with Gasteiger partial charge in [0.05, 0.1) is 6.61 Å². The fraction of sp³-hybridized carbons (Fsp3) is 0.240. The normalized spacial score (nSPS) is 19.0. The van der Waals surface area contributed by atoms with Crippen molar-refractivity contribution in [1.82, 2.24) is 10.2 Å². The predicted molar refractivity (Wildman–Crippen MR) is 122 cm³/mol. The molecule has 1 amide bonds. The van der Waals surface area contributed by atoms with Crippen LogP contribution in [0.3, 0.4) is 0 Å². The van der Waals surface area contributed by atoms with Crippen molar-refractivity contribution >= 4 is 21.8 Å². The smallest absolute Gasteiger partial charge is 0.221 e. The van der Waals surface area contributed by atoms with Gasteiger partial charge in [-0.1, -0.05) is 88.7 Å².